The third-order valence-electron chi connectivity index (χ3n) is 7.69. The van der Waals surface area contributed by atoms with Crippen LogP contribution in [-0.4, -0.2) is 39.2 Å². The van der Waals surface area contributed by atoms with Gasteiger partial charge in [0.2, 0.25) is 5.88 Å². The van der Waals surface area contributed by atoms with Crippen LogP contribution in [0.5, 0.6) is 5.88 Å². The maximum absolute atomic E-state index is 12.5. The number of hydrogen-bond donors (Lipinski definition) is 2. The van der Waals surface area contributed by atoms with Gasteiger partial charge in [0, 0.05) is 32.9 Å². The lowest BCUT2D eigenvalue weighted by molar-refractivity contribution is 0.0897. The van der Waals surface area contributed by atoms with Crippen LogP contribution in [0.2, 0.25) is 0 Å². The number of ether oxygens (including phenoxy) is 1. The van der Waals surface area contributed by atoms with Crippen LogP contribution in [0.25, 0.3) is 0 Å². The van der Waals surface area contributed by atoms with Crippen molar-refractivity contribution in [1.29, 1.82) is 0 Å². The molecule has 0 aromatic carbocycles. The minimum Gasteiger partial charge on any atom is -0.493 e. The van der Waals surface area contributed by atoms with E-state index >= 15 is 0 Å². The van der Waals surface area contributed by atoms with Crippen molar-refractivity contribution in [3.63, 3.8) is 0 Å². The van der Waals surface area contributed by atoms with Crippen LogP contribution in [0.3, 0.4) is 0 Å². The molecule has 1 rings (SSSR count). The molecule has 0 radical (unpaired) electrons. The largest absolute Gasteiger partial charge is 0.493 e. The van der Waals surface area contributed by atoms with Crippen molar-refractivity contribution in [3.8, 4) is 5.88 Å². The molecular weight excluding hydrogens is 392 g/mol. The Labute approximate surface area is 189 Å². The molecule has 0 amide bonds. The van der Waals surface area contributed by atoms with Crippen molar-refractivity contribution in [2.24, 2.45) is 10.8 Å². The topological polar surface area (TPSA) is 76.6 Å². The van der Waals surface area contributed by atoms with Gasteiger partial charge in [0.15, 0.2) is 0 Å². The van der Waals surface area contributed by atoms with Crippen molar-refractivity contribution >= 4 is 0 Å². The molecule has 31 heavy (non-hydrogen) atoms. The minimum atomic E-state index is -0.119. The van der Waals surface area contributed by atoms with E-state index < -0.39 is 0 Å². The highest BCUT2D eigenvalue weighted by Gasteiger charge is 2.28. The van der Waals surface area contributed by atoms with Gasteiger partial charge >= 0.3 is 5.69 Å². The van der Waals surface area contributed by atoms with E-state index in [2.05, 4.69) is 27.7 Å². The molecule has 0 aliphatic rings. The number of unbranched alkanes of at least 4 members (excludes halogenated alkanes) is 2. The first-order chi connectivity index (χ1) is 14.9. The van der Waals surface area contributed by atoms with E-state index in [0.29, 0.717) is 13.1 Å². The quantitative estimate of drug-likeness (QED) is 0.302. The SMILES string of the molecule is CCn1cc(O)n(CC(CC)(CC)CCCCOCCCCC(CC)(CC)CO)c1=O. The molecule has 1 aromatic rings. The summed E-state index contributed by atoms with van der Waals surface area (Å²) in [5.74, 6) is 0.0674. The van der Waals surface area contributed by atoms with Crippen LogP contribution in [-0.2, 0) is 17.8 Å². The first kappa shape index (κ1) is 27.8. The number of aliphatic hydroxyl groups excluding tert-OH is 1. The van der Waals surface area contributed by atoms with Crippen molar-refractivity contribution in [3.05, 3.63) is 16.7 Å². The third kappa shape index (κ3) is 7.98. The van der Waals surface area contributed by atoms with Crippen LogP contribution < -0.4 is 5.69 Å². The molecule has 0 aliphatic heterocycles. The summed E-state index contributed by atoms with van der Waals surface area (Å²) in [5, 5.41) is 19.9. The molecule has 6 heteroatoms. The third-order valence-corrected chi connectivity index (χ3v) is 7.69. The molecule has 0 spiro atoms. The predicted molar refractivity (Wildman–Crippen MR) is 128 cm³/mol. The molecule has 0 fully saturated rings. The number of aromatic nitrogens is 2. The van der Waals surface area contributed by atoms with E-state index in [1.807, 2.05) is 6.92 Å². The average Bonchev–Trinajstić information content (AvgIpc) is 3.07. The lowest BCUT2D eigenvalue weighted by Gasteiger charge is -2.32. The first-order valence-corrected chi connectivity index (χ1v) is 12.5. The lowest BCUT2D eigenvalue weighted by atomic mass is 9.77. The normalized spacial score (nSPS) is 12.6. The Morgan fingerprint density at radius 3 is 1.81 bits per heavy atom. The van der Waals surface area contributed by atoms with Gasteiger partial charge in [-0.2, -0.15) is 0 Å². The molecule has 182 valence electrons. The van der Waals surface area contributed by atoms with Gasteiger partial charge in [0.05, 0.1) is 6.20 Å². The Balaban J connectivity index is 2.37. The van der Waals surface area contributed by atoms with Crippen LogP contribution in [0.15, 0.2) is 11.0 Å². The summed E-state index contributed by atoms with van der Waals surface area (Å²) < 4.78 is 8.94. The second kappa shape index (κ2) is 14.0. The van der Waals surface area contributed by atoms with Gasteiger partial charge in [-0.25, -0.2) is 4.79 Å². The molecule has 0 atom stereocenters. The Morgan fingerprint density at radius 2 is 1.39 bits per heavy atom. The van der Waals surface area contributed by atoms with Crippen molar-refractivity contribution < 1.29 is 14.9 Å². The Morgan fingerprint density at radius 1 is 0.871 bits per heavy atom. The van der Waals surface area contributed by atoms with Crippen LogP contribution in [0.4, 0.5) is 0 Å². The Bertz CT molecular complexity index is 649. The van der Waals surface area contributed by atoms with E-state index in [1.54, 1.807) is 4.57 Å². The Hall–Kier alpha value is -1.27. The van der Waals surface area contributed by atoms with Gasteiger partial charge in [-0.1, -0.05) is 40.5 Å². The summed E-state index contributed by atoms with van der Waals surface area (Å²) in [7, 11) is 0. The number of aliphatic hydroxyl groups is 1. The first-order valence-electron chi connectivity index (χ1n) is 12.5. The maximum atomic E-state index is 12.5. The van der Waals surface area contributed by atoms with Gasteiger partial charge in [-0.15, -0.1) is 0 Å². The monoisotopic (exact) mass is 440 g/mol. The fourth-order valence-electron chi connectivity index (χ4n) is 4.55. The molecule has 0 aliphatic carbocycles. The minimum absolute atomic E-state index is 0.0230. The van der Waals surface area contributed by atoms with E-state index in [1.165, 1.54) is 10.8 Å². The second-order valence-electron chi connectivity index (χ2n) is 9.24. The Kier molecular flexibility index (Phi) is 12.5. The van der Waals surface area contributed by atoms with E-state index in [0.717, 1.165) is 77.4 Å². The van der Waals surface area contributed by atoms with Gasteiger partial charge in [-0.3, -0.25) is 9.13 Å². The molecule has 2 N–H and O–H groups in total. The summed E-state index contributed by atoms with van der Waals surface area (Å²) in [6.45, 7) is 13.6. The molecule has 0 saturated carbocycles. The number of rotatable bonds is 18. The molecular formula is C25H48N2O4. The number of aromatic hydroxyl groups is 1. The highest BCUT2D eigenvalue weighted by molar-refractivity contribution is 5.06. The molecule has 6 nitrogen and oxygen atoms in total. The molecule has 1 heterocycles. The highest BCUT2D eigenvalue weighted by atomic mass is 16.5. The van der Waals surface area contributed by atoms with Crippen molar-refractivity contribution in [2.75, 3.05) is 19.8 Å². The fraction of sp³-hybridized carbons (Fsp3) is 0.880. The van der Waals surface area contributed by atoms with Crippen molar-refractivity contribution in [1.82, 2.24) is 9.13 Å². The van der Waals surface area contributed by atoms with Gasteiger partial charge in [0.1, 0.15) is 0 Å². The number of nitrogens with zero attached hydrogens (tertiary/aromatic N) is 2. The highest BCUT2D eigenvalue weighted by Crippen LogP contribution is 2.35. The van der Waals surface area contributed by atoms with Crippen LogP contribution in [0.1, 0.15) is 98.8 Å². The zero-order valence-electron chi connectivity index (χ0n) is 20.8. The summed E-state index contributed by atoms with van der Waals surface area (Å²) in [5.41, 5.74) is -0.00111. The number of imidazole rings is 1. The summed E-state index contributed by atoms with van der Waals surface area (Å²) in [4.78, 5) is 12.5. The zero-order valence-corrected chi connectivity index (χ0v) is 20.8. The molecule has 0 unspecified atom stereocenters. The number of aryl methyl sites for hydroxylation is 1. The lowest BCUT2D eigenvalue weighted by Crippen LogP contribution is -2.32. The standard InChI is InChI=1S/C25H48N2O4/c1-6-24(7-2,20-27-22(29)19-26(10-5)23(27)30)15-11-13-17-31-18-14-12-16-25(8-3,9-4)21-28/h19,28-29H,6-18,20-21H2,1-5H3. The average molecular weight is 441 g/mol. The maximum Gasteiger partial charge on any atom is 0.331 e. The van der Waals surface area contributed by atoms with E-state index in [-0.39, 0.29) is 29.0 Å². The summed E-state index contributed by atoms with van der Waals surface area (Å²) in [6.07, 6.45) is 11.9. The van der Waals surface area contributed by atoms with Gasteiger partial charge in [0.25, 0.3) is 0 Å². The second-order valence-corrected chi connectivity index (χ2v) is 9.24. The number of hydrogen-bond acceptors (Lipinski definition) is 4. The smallest absolute Gasteiger partial charge is 0.331 e. The fourth-order valence-corrected chi connectivity index (χ4v) is 4.55. The van der Waals surface area contributed by atoms with E-state index in [4.69, 9.17) is 4.74 Å². The molecule has 1 aromatic heterocycles. The summed E-state index contributed by atoms with van der Waals surface area (Å²) >= 11 is 0. The van der Waals surface area contributed by atoms with Crippen LogP contribution in [0, 0.1) is 10.8 Å². The predicted octanol–water partition coefficient (Wildman–Crippen LogP) is 5.34. The zero-order chi connectivity index (χ0) is 23.3. The molecule has 0 bridgehead atoms. The van der Waals surface area contributed by atoms with Crippen LogP contribution >= 0.6 is 0 Å². The van der Waals surface area contributed by atoms with Crippen molar-refractivity contribution in [2.45, 2.75) is 112 Å². The van der Waals surface area contributed by atoms with Gasteiger partial charge < -0.3 is 14.9 Å². The summed E-state index contributed by atoms with van der Waals surface area (Å²) in [6, 6.07) is 0. The van der Waals surface area contributed by atoms with E-state index in [9.17, 15) is 15.0 Å². The van der Waals surface area contributed by atoms with Gasteiger partial charge in [-0.05, 0) is 69.1 Å². The molecule has 0 saturated heterocycles.